The molecule has 0 fully saturated rings. The smallest absolute Gasteiger partial charge is 0.314 e. The zero-order valence-electron chi connectivity index (χ0n) is 9.26. The first kappa shape index (κ1) is 14.7. The Morgan fingerprint density at radius 2 is 1.54 bits per heavy atom. The average molecular weight is 189 g/mol. The van der Waals surface area contributed by atoms with E-state index in [1.165, 1.54) is 0 Å². The predicted molar refractivity (Wildman–Crippen MR) is 56.7 cm³/mol. The molecule has 0 aromatic rings. The number of nitrogens with two attached hydrogens (primary N) is 1. The van der Waals surface area contributed by atoms with Crippen LogP contribution in [0.2, 0.25) is 0 Å². The van der Waals surface area contributed by atoms with E-state index in [2.05, 4.69) is 5.32 Å². The second-order valence-electron chi connectivity index (χ2n) is 2.83. The van der Waals surface area contributed by atoms with Crippen molar-refractivity contribution in [3.05, 3.63) is 0 Å². The molecule has 0 spiro atoms. The summed E-state index contributed by atoms with van der Waals surface area (Å²) in [5.41, 5.74) is 5.10. The Hall–Kier alpha value is -0.770. The van der Waals surface area contributed by atoms with E-state index < -0.39 is 0 Å². The summed E-state index contributed by atoms with van der Waals surface area (Å²) >= 11 is 0. The third kappa shape index (κ3) is 11.2. The van der Waals surface area contributed by atoms with Gasteiger partial charge in [-0.05, 0) is 26.9 Å². The second-order valence-corrected chi connectivity index (χ2v) is 2.83. The molecule has 2 amide bonds. The zero-order chi connectivity index (χ0) is 10.7. The third-order valence-electron chi connectivity index (χ3n) is 1.30. The van der Waals surface area contributed by atoms with E-state index >= 15 is 0 Å². The maximum absolute atomic E-state index is 10.6. The van der Waals surface area contributed by atoms with Crippen molar-refractivity contribution in [3.8, 4) is 0 Å². The first-order chi connectivity index (χ1) is 6.13. The molecule has 80 valence electrons. The van der Waals surface area contributed by atoms with E-state index in [1.807, 2.05) is 27.9 Å². The molecule has 0 saturated carbocycles. The lowest BCUT2D eigenvalue weighted by molar-refractivity contribution is 0.207. The molecule has 0 aliphatic heterocycles. The first-order valence-corrected chi connectivity index (χ1v) is 4.76. The predicted octanol–water partition coefficient (Wildman–Crippen LogP) is 1.02. The summed E-state index contributed by atoms with van der Waals surface area (Å²) in [7, 11) is 3.75. The number of carbonyl (C=O) groups excluding carboxylic acids is 1. The highest BCUT2D eigenvalue weighted by atomic mass is 16.2. The van der Waals surface area contributed by atoms with Crippen LogP contribution in [0.4, 0.5) is 4.79 Å². The van der Waals surface area contributed by atoms with Crippen molar-refractivity contribution in [3.63, 3.8) is 0 Å². The molecule has 0 aromatic carbocycles. The van der Waals surface area contributed by atoms with E-state index in [4.69, 9.17) is 5.73 Å². The van der Waals surface area contributed by atoms with Gasteiger partial charge >= 0.3 is 6.03 Å². The van der Waals surface area contributed by atoms with E-state index in [-0.39, 0.29) is 6.03 Å². The molecule has 4 nitrogen and oxygen atoms in total. The SMILES string of the molecule is CCCN(CCC)C(N)=O.CNC. The zero-order valence-corrected chi connectivity index (χ0v) is 9.26. The van der Waals surface area contributed by atoms with Crippen LogP contribution in [0.25, 0.3) is 0 Å². The number of amides is 2. The Morgan fingerprint density at radius 1 is 1.23 bits per heavy atom. The van der Waals surface area contributed by atoms with Gasteiger partial charge in [-0.25, -0.2) is 4.79 Å². The number of hydrogen-bond donors (Lipinski definition) is 2. The molecule has 0 heterocycles. The Balaban J connectivity index is 0. The lowest BCUT2D eigenvalue weighted by Gasteiger charge is -2.17. The molecule has 0 saturated heterocycles. The van der Waals surface area contributed by atoms with Crippen LogP contribution in [0.1, 0.15) is 26.7 Å². The largest absolute Gasteiger partial charge is 0.351 e. The Labute approximate surface area is 81.5 Å². The second kappa shape index (κ2) is 11.2. The molecule has 3 N–H and O–H groups in total. The summed E-state index contributed by atoms with van der Waals surface area (Å²) in [6.45, 7) is 5.63. The highest BCUT2D eigenvalue weighted by Crippen LogP contribution is 1.92. The number of carbonyl (C=O) groups is 1. The van der Waals surface area contributed by atoms with Gasteiger partial charge in [-0.15, -0.1) is 0 Å². The van der Waals surface area contributed by atoms with Crippen molar-refractivity contribution in [2.75, 3.05) is 27.2 Å². The normalized spacial score (nSPS) is 8.62. The topological polar surface area (TPSA) is 58.4 Å². The number of rotatable bonds is 4. The number of hydrogen-bond acceptors (Lipinski definition) is 2. The Morgan fingerprint density at radius 3 is 1.69 bits per heavy atom. The minimum atomic E-state index is -0.302. The number of urea groups is 1. The van der Waals surface area contributed by atoms with Crippen molar-refractivity contribution in [1.82, 2.24) is 10.2 Å². The van der Waals surface area contributed by atoms with Gasteiger partial charge in [0.25, 0.3) is 0 Å². The van der Waals surface area contributed by atoms with Gasteiger partial charge in [-0.2, -0.15) is 0 Å². The van der Waals surface area contributed by atoms with Crippen LogP contribution in [-0.4, -0.2) is 38.1 Å². The number of nitrogens with zero attached hydrogens (tertiary/aromatic N) is 1. The standard InChI is InChI=1S/C7H16N2O.C2H7N/c1-3-5-9(6-4-2)7(8)10;1-3-2/h3-6H2,1-2H3,(H2,8,10);3H,1-2H3. The van der Waals surface area contributed by atoms with Gasteiger partial charge in [-0.1, -0.05) is 13.8 Å². The van der Waals surface area contributed by atoms with Gasteiger partial charge in [-0.3, -0.25) is 0 Å². The van der Waals surface area contributed by atoms with Gasteiger partial charge in [0.05, 0.1) is 0 Å². The lowest BCUT2D eigenvalue weighted by Crippen LogP contribution is -2.36. The quantitative estimate of drug-likeness (QED) is 0.693. The summed E-state index contributed by atoms with van der Waals surface area (Å²) < 4.78 is 0. The third-order valence-corrected chi connectivity index (χ3v) is 1.30. The van der Waals surface area contributed by atoms with E-state index in [0.717, 1.165) is 25.9 Å². The minimum Gasteiger partial charge on any atom is -0.351 e. The highest BCUT2D eigenvalue weighted by molar-refractivity contribution is 5.71. The molecule has 13 heavy (non-hydrogen) atoms. The van der Waals surface area contributed by atoms with E-state index in [1.54, 1.807) is 4.90 Å². The van der Waals surface area contributed by atoms with Crippen LogP contribution in [0, 0.1) is 0 Å². The lowest BCUT2D eigenvalue weighted by atomic mass is 10.4. The summed E-state index contributed by atoms with van der Waals surface area (Å²) in [6, 6.07) is -0.302. The fraction of sp³-hybridized carbons (Fsp3) is 0.889. The molecule has 0 rings (SSSR count). The summed E-state index contributed by atoms with van der Waals surface area (Å²) in [6.07, 6.45) is 1.95. The van der Waals surface area contributed by atoms with Crippen LogP contribution in [0.3, 0.4) is 0 Å². The molecule has 0 atom stereocenters. The van der Waals surface area contributed by atoms with Crippen molar-refractivity contribution < 1.29 is 4.79 Å². The minimum absolute atomic E-state index is 0.302. The molecular weight excluding hydrogens is 166 g/mol. The monoisotopic (exact) mass is 189 g/mol. The molecule has 0 aliphatic rings. The maximum Gasteiger partial charge on any atom is 0.314 e. The van der Waals surface area contributed by atoms with Crippen LogP contribution < -0.4 is 11.1 Å². The van der Waals surface area contributed by atoms with Crippen molar-refractivity contribution in [2.24, 2.45) is 5.73 Å². The van der Waals surface area contributed by atoms with Gasteiger partial charge in [0.1, 0.15) is 0 Å². The molecule has 0 bridgehead atoms. The summed E-state index contributed by atoms with van der Waals surface area (Å²) in [5.74, 6) is 0. The molecule has 0 unspecified atom stereocenters. The molecular formula is C9H23N3O. The molecule has 4 heteroatoms. The van der Waals surface area contributed by atoms with Gasteiger partial charge in [0.2, 0.25) is 0 Å². The van der Waals surface area contributed by atoms with Gasteiger partial charge < -0.3 is 16.0 Å². The van der Waals surface area contributed by atoms with Crippen LogP contribution >= 0.6 is 0 Å². The summed E-state index contributed by atoms with van der Waals surface area (Å²) in [4.78, 5) is 12.3. The van der Waals surface area contributed by atoms with Crippen LogP contribution in [0.15, 0.2) is 0 Å². The number of nitrogens with one attached hydrogen (secondary N) is 1. The van der Waals surface area contributed by atoms with E-state index in [9.17, 15) is 4.79 Å². The van der Waals surface area contributed by atoms with Crippen LogP contribution in [0.5, 0.6) is 0 Å². The van der Waals surface area contributed by atoms with Gasteiger partial charge in [0.15, 0.2) is 0 Å². The maximum atomic E-state index is 10.6. The Bertz CT molecular complexity index is 111. The fourth-order valence-corrected chi connectivity index (χ4v) is 0.872. The van der Waals surface area contributed by atoms with Crippen molar-refractivity contribution in [1.29, 1.82) is 0 Å². The van der Waals surface area contributed by atoms with E-state index in [0.29, 0.717) is 0 Å². The molecule has 0 aromatic heterocycles. The molecule has 0 aliphatic carbocycles. The first-order valence-electron chi connectivity index (χ1n) is 4.76. The van der Waals surface area contributed by atoms with Gasteiger partial charge in [0, 0.05) is 13.1 Å². The summed E-state index contributed by atoms with van der Waals surface area (Å²) in [5, 5.41) is 2.75. The highest BCUT2D eigenvalue weighted by Gasteiger charge is 2.04. The average Bonchev–Trinajstić information content (AvgIpc) is 2.05. The van der Waals surface area contributed by atoms with Crippen LogP contribution in [-0.2, 0) is 0 Å². The van der Waals surface area contributed by atoms with Crippen molar-refractivity contribution in [2.45, 2.75) is 26.7 Å². The number of primary amides is 1. The Kier molecular flexibility index (Phi) is 12.7. The fourth-order valence-electron chi connectivity index (χ4n) is 0.872. The molecule has 0 radical (unpaired) electrons. The van der Waals surface area contributed by atoms with Crippen molar-refractivity contribution >= 4 is 6.03 Å².